The third kappa shape index (κ3) is 4.12. The van der Waals surface area contributed by atoms with Crippen LogP contribution in [0.15, 0.2) is 35.0 Å². The summed E-state index contributed by atoms with van der Waals surface area (Å²) in [6, 6.07) is 7.22. The second-order valence-corrected chi connectivity index (χ2v) is 9.24. The second-order valence-electron chi connectivity index (χ2n) is 6.98. The molecule has 4 nitrogen and oxygen atoms in total. The van der Waals surface area contributed by atoms with Crippen molar-refractivity contribution < 1.29 is 36.2 Å². The number of hydrogen-bond donors (Lipinski definition) is 0. The van der Waals surface area contributed by atoms with Gasteiger partial charge in [-0.15, -0.1) is 0 Å². The van der Waals surface area contributed by atoms with Crippen LogP contribution < -0.4 is 4.74 Å². The maximum atomic E-state index is 14.1. The van der Waals surface area contributed by atoms with Gasteiger partial charge < -0.3 is 9.47 Å². The van der Waals surface area contributed by atoms with Crippen LogP contribution >= 0.6 is 39.1 Å². The van der Waals surface area contributed by atoms with Crippen molar-refractivity contribution in [1.82, 2.24) is 0 Å². The zero-order valence-corrected chi connectivity index (χ0v) is 18.3. The second kappa shape index (κ2) is 8.17. The number of ether oxygens (including phenoxy) is 2. The molecule has 1 fully saturated rings. The summed E-state index contributed by atoms with van der Waals surface area (Å²) in [4.78, 5) is 12.5. The Morgan fingerprint density at radius 1 is 1.30 bits per heavy atom. The van der Waals surface area contributed by atoms with Crippen LogP contribution in [-0.4, -0.2) is 22.4 Å². The van der Waals surface area contributed by atoms with Crippen LogP contribution in [0, 0.1) is 22.7 Å². The van der Waals surface area contributed by atoms with Crippen LogP contribution in [-0.2, 0) is 9.53 Å². The zero-order chi connectivity index (χ0) is 23.1. The fourth-order valence-corrected chi connectivity index (χ4v) is 4.36. The molecule has 0 bridgehead atoms. The first-order valence-corrected chi connectivity index (χ1v) is 9.67. The van der Waals surface area contributed by atoms with E-state index in [4.69, 9.17) is 32.7 Å². The monoisotopic (exact) mass is 535 g/mol. The Balaban J connectivity index is 2.26. The van der Waals surface area contributed by atoms with Gasteiger partial charge in [-0.05, 0) is 12.1 Å². The highest BCUT2D eigenvalue weighted by Crippen LogP contribution is 2.75. The summed E-state index contributed by atoms with van der Waals surface area (Å²) in [6.45, 7) is 2.15. The topological polar surface area (TPSA) is 59.3 Å². The van der Waals surface area contributed by atoms with Gasteiger partial charge in [0.05, 0.1) is 5.92 Å². The van der Waals surface area contributed by atoms with E-state index in [1.54, 1.807) is 6.07 Å². The molecule has 1 aliphatic carbocycles. The average molecular weight is 537 g/mol. The first-order chi connectivity index (χ1) is 13.6. The van der Waals surface area contributed by atoms with Crippen molar-refractivity contribution in [1.29, 1.82) is 5.26 Å². The Kier molecular flexibility index (Phi) is 6.73. The van der Waals surface area contributed by atoms with Gasteiger partial charge in [0.25, 0.3) is 0 Å². The molecular weight excluding hydrogens is 524 g/mol. The lowest BCUT2D eigenvalue weighted by Crippen LogP contribution is -2.49. The minimum atomic E-state index is -5.89. The van der Waals surface area contributed by atoms with E-state index in [1.165, 1.54) is 24.3 Å². The fourth-order valence-electron chi connectivity index (χ4n) is 3.18. The molecule has 0 aliphatic heterocycles. The van der Waals surface area contributed by atoms with Gasteiger partial charge in [-0.1, -0.05) is 65.1 Å². The van der Waals surface area contributed by atoms with Gasteiger partial charge in [-0.25, -0.2) is 0 Å². The molecule has 30 heavy (non-hydrogen) atoms. The molecule has 12 heteroatoms. The third-order valence-corrected chi connectivity index (χ3v) is 6.97. The highest BCUT2D eigenvalue weighted by atomic mass is 79.9. The standard InChI is InChI=1S/C18H13BrCl2F5NO3/c1-15(2)13(16(15,19)17(22,23)18(24,25)26)14(28)30-11(7-27)9-4-3-5-10(6-9)29-8-12(20)21/h3-6,8,11,13H,1-2H3. The van der Waals surface area contributed by atoms with Crippen LogP contribution in [0.5, 0.6) is 5.75 Å². The van der Waals surface area contributed by atoms with Crippen molar-refractivity contribution in [2.45, 2.75) is 36.4 Å². The molecule has 0 N–H and O–H groups in total. The molecule has 3 unspecified atom stereocenters. The van der Waals surface area contributed by atoms with Crippen LogP contribution in [0.1, 0.15) is 25.5 Å². The van der Waals surface area contributed by atoms with Gasteiger partial charge in [0.15, 0.2) is 0 Å². The molecular formula is C18H13BrCl2F5NO3. The van der Waals surface area contributed by atoms with Crippen molar-refractivity contribution in [2.75, 3.05) is 0 Å². The van der Waals surface area contributed by atoms with Gasteiger partial charge in [0.1, 0.15) is 26.9 Å². The molecule has 1 aliphatic rings. The van der Waals surface area contributed by atoms with Gasteiger partial charge in [-0.2, -0.15) is 27.2 Å². The normalized spacial score (nSPS) is 23.7. The molecule has 164 valence electrons. The van der Waals surface area contributed by atoms with Crippen molar-refractivity contribution >= 4 is 45.1 Å². The first-order valence-electron chi connectivity index (χ1n) is 8.12. The number of hydrogen-bond acceptors (Lipinski definition) is 4. The molecule has 3 atom stereocenters. The number of carbonyl (C=O) groups excluding carboxylic acids is 1. The van der Waals surface area contributed by atoms with E-state index in [1.807, 2.05) is 0 Å². The Bertz CT molecular complexity index is 912. The molecule has 1 aromatic carbocycles. The van der Waals surface area contributed by atoms with Gasteiger partial charge in [0.2, 0.25) is 6.10 Å². The van der Waals surface area contributed by atoms with Crippen molar-refractivity contribution in [3.05, 3.63) is 40.6 Å². The lowest BCUT2D eigenvalue weighted by atomic mass is 10.0. The van der Waals surface area contributed by atoms with Crippen LogP contribution in [0.3, 0.4) is 0 Å². The highest BCUT2D eigenvalue weighted by Gasteiger charge is 2.89. The summed E-state index contributed by atoms with van der Waals surface area (Å²) in [6.07, 6.45) is -6.48. The smallest absolute Gasteiger partial charge is 0.454 e. The Morgan fingerprint density at radius 2 is 1.90 bits per heavy atom. The van der Waals surface area contributed by atoms with Crippen molar-refractivity contribution in [3.63, 3.8) is 0 Å². The van der Waals surface area contributed by atoms with Crippen LogP contribution in [0.2, 0.25) is 0 Å². The average Bonchev–Trinajstić information content (AvgIpc) is 3.11. The van der Waals surface area contributed by atoms with E-state index in [-0.39, 0.29) is 15.8 Å². The van der Waals surface area contributed by atoms with E-state index >= 15 is 0 Å². The molecule has 0 saturated heterocycles. The fraction of sp³-hybridized carbons (Fsp3) is 0.444. The van der Waals surface area contributed by atoms with E-state index in [0.29, 0.717) is 0 Å². The largest absolute Gasteiger partial charge is 0.462 e. The Labute approximate surface area is 186 Å². The summed E-state index contributed by atoms with van der Waals surface area (Å²) < 4.78 is 73.8. The number of nitrogens with zero attached hydrogens (tertiary/aromatic N) is 1. The molecule has 0 aromatic heterocycles. The number of nitriles is 1. The molecule has 0 radical (unpaired) electrons. The predicted molar refractivity (Wildman–Crippen MR) is 101 cm³/mol. The quantitative estimate of drug-likeness (QED) is 0.182. The summed E-state index contributed by atoms with van der Waals surface area (Å²) in [5.74, 6) is -8.28. The highest BCUT2D eigenvalue weighted by molar-refractivity contribution is 9.10. The van der Waals surface area contributed by atoms with Crippen LogP contribution in [0.4, 0.5) is 22.0 Å². The molecule has 0 heterocycles. The van der Waals surface area contributed by atoms with Gasteiger partial charge >= 0.3 is 18.1 Å². The minimum absolute atomic E-state index is 0.101. The number of esters is 1. The summed E-state index contributed by atoms with van der Waals surface area (Å²) >= 11 is 13.3. The summed E-state index contributed by atoms with van der Waals surface area (Å²) in [5, 5.41) is 9.33. The lowest BCUT2D eigenvalue weighted by Gasteiger charge is -2.27. The predicted octanol–water partition coefficient (Wildman–Crippen LogP) is 6.44. The number of halogens is 8. The number of benzene rings is 1. The van der Waals surface area contributed by atoms with Gasteiger partial charge in [-0.3, -0.25) is 4.79 Å². The number of carbonyl (C=O) groups is 1. The minimum Gasteiger partial charge on any atom is -0.462 e. The Hall–Kier alpha value is -1.57. The van der Waals surface area contributed by atoms with E-state index < -0.39 is 39.8 Å². The molecule has 2 rings (SSSR count). The maximum Gasteiger partial charge on any atom is 0.454 e. The Morgan fingerprint density at radius 3 is 2.40 bits per heavy atom. The van der Waals surface area contributed by atoms with Crippen LogP contribution in [0.25, 0.3) is 0 Å². The van der Waals surface area contributed by atoms with E-state index in [0.717, 1.165) is 20.1 Å². The third-order valence-electron chi connectivity index (χ3n) is 4.82. The lowest BCUT2D eigenvalue weighted by molar-refractivity contribution is -0.287. The van der Waals surface area contributed by atoms with Crippen molar-refractivity contribution in [3.8, 4) is 11.8 Å². The first kappa shape index (κ1) is 24.7. The van der Waals surface area contributed by atoms with E-state index in [9.17, 15) is 32.0 Å². The molecule has 0 amide bonds. The van der Waals surface area contributed by atoms with E-state index in [2.05, 4.69) is 15.9 Å². The summed E-state index contributed by atoms with van der Waals surface area (Å²) in [5.41, 5.74) is -1.70. The van der Waals surface area contributed by atoms with Gasteiger partial charge in [0, 0.05) is 11.0 Å². The SMILES string of the molecule is CC1(C)C(C(=O)OC(C#N)c2cccc(OC=C(Cl)Cl)c2)C1(Br)C(F)(F)C(F)(F)F. The number of rotatable bonds is 6. The molecule has 0 spiro atoms. The maximum absolute atomic E-state index is 14.1. The number of alkyl halides is 6. The van der Waals surface area contributed by atoms with Crippen molar-refractivity contribution in [2.24, 2.45) is 11.3 Å². The zero-order valence-electron chi connectivity index (χ0n) is 15.2. The summed E-state index contributed by atoms with van der Waals surface area (Å²) in [7, 11) is 0. The molecule has 1 aromatic rings. The molecule has 1 saturated carbocycles.